The number of fused-ring (bicyclic) bond motifs is 2. The van der Waals surface area contributed by atoms with Crippen LogP contribution in [0, 0.1) is 0 Å². The lowest BCUT2D eigenvalue weighted by molar-refractivity contribution is -0.149. The fourth-order valence-corrected chi connectivity index (χ4v) is 2.39. The minimum atomic E-state index is -0.807. The van der Waals surface area contributed by atoms with E-state index in [9.17, 15) is 4.79 Å². The van der Waals surface area contributed by atoms with Crippen LogP contribution in [-0.2, 0) is 14.3 Å². The summed E-state index contributed by atoms with van der Waals surface area (Å²) in [6.07, 6.45) is 2.56. The molecule has 1 N–H and O–H groups in total. The van der Waals surface area contributed by atoms with Gasteiger partial charge in [0.2, 0.25) is 0 Å². The summed E-state index contributed by atoms with van der Waals surface area (Å²) >= 11 is 0. The standard InChI is InChI=1S/C10H17NO4/c1-14-6-9(10(12)13)11-4-7-2-3-8(5-11)15-7/h7-9H,2-6H2,1H3,(H,12,13). The summed E-state index contributed by atoms with van der Waals surface area (Å²) in [5.41, 5.74) is 0. The smallest absolute Gasteiger partial charge is 0.323 e. The minimum absolute atomic E-state index is 0.224. The van der Waals surface area contributed by atoms with Gasteiger partial charge in [-0.15, -0.1) is 0 Å². The van der Waals surface area contributed by atoms with Crippen LogP contribution < -0.4 is 0 Å². The van der Waals surface area contributed by atoms with E-state index in [2.05, 4.69) is 0 Å². The first-order valence-electron chi connectivity index (χ1n) is 5.32. The minimum Gasteiger partial charge on any atom is -0.480 e. The normalized spacial score (nSPS) is 32.9. The van der Waals surface area contributed by atoms with Gasteiger partial charge in [0.25, 0.3) is 0 Å². The Hall–Kier alpha value is -0.650. The lowest BCUT2D eigenvalue weighted by Gasteiger charge is -2.35. The van der Waals surface area contributed by atoms with Crippen molar-refractivity contribution in [2.24, 2.45) is 0 Å². The van der Waals surface area contributed by atoms with Crippen molar-refractivity contribution in [2.45, 2.75) is 31.1 Å². The molecule has 2 fully saturated rings. The maximum atomic E-state index is 11.1. The molecule has 0 amide bonds. The van der Waals surface area contributed by atoms with Gasteiger partial charge < -0.3 is 14.6 Å². The number of methoxy groups -OCH3 is 1. The van der Waals surface area contributed by atoms with Crippen molar-refractivity contribution in [3.05, 3.63) is 0 Å². The third-order valence-corrected chi connectivity index (χ3v) is 3.12. The highest BCUT2D eigenvalue weighted by Gasteiger charge is 2.38. The average molecular weight is 215 g/mol. The van der Waals surface area contributed by atoms with Crippen LogP contribution >= 0.6 is 0 Å². The van der Waals surface area contributed by atoms with Gasteiger partial charge in [-0.3, -0.25) is 9.69 Å². The van der Waals surface area contributed by atoms with Crippen LogP contribution in [0.25, 0.3) is 0 Å². The first-order chi connectivity index (χ1) is 7.20. The Kier molecular flexibility index (Phi) is 3.23. The number of ether oxygens (including phenoxy) is 2. The molecule has 2 aliphatic heterocycles. The third-order valence-electron chi connectivity index (χ3n) is 3.12. The lowest BCUT2D eigenvalue weighted by Crippen LogP contribution is -2.52. The number of hydrogen-bond acceptors (Lipinski definition) is 4. The number of hydrogen-bond donors (Lipinski definition) is 1. The highest BCUT2D eigenvalue weighted by Crippen LogP contribution is 2.27. The number of morpholine rings is 1. The summed E-state index contributed by atoms with van der Waals surface area (Å²) in [5, 5.41) is 9.09. The van der Waals surface area contributed by atoms with Gasteiger partial charge in [0.05, 0.1) is 18.8 Å². The summed E-state index contributed by atoms with van der Waals surface area (Å²) in [7, 11) is 1.53. The maximum Gasteiger partial charge on any atom is 0.323 e. The SMILES string of the molecule is COCC(C(=O)O)N1CC2CCC(C1)O2. The van der Waals surface area contributed by atoms with Gasteiger partial charge in [-0.25, -0.2) is 0 Å². The predicted molar refractivity (Wildman–Crippen MR) is 52.8 cm³/mol. The molecule has 2 rings (SSSR count). The zero-order chi connectivity index (χ0) is 10.8. The Balaban J connectivity index is 1.98. The van der Waals surface area contributed by atoms with E-state index < -0.39 is 12.0 Å². The topological polar surface area (TPSA) is 59.0 Å². The third kappa shape index (κ3) is 2.30. The number of carboxylic acids is 1. The first-order valence-corrected chi connectivity index (χ1v) is 5.32. The fraction of sp³-hybridized carbons (Fsp3) is 0.900. The van der Waals surface area contributed by atoms with Crippen molar-refractivity contribution in [3.8, 4) is 0 Å². The average Bonchev–Trinajstić information content (AvgIpc) is 2.54. The molecule has 2 heterocycles. The first kappa shape index (κ1) is 10.9. The van der Waals surface area contributed by atoms with Crippen molar-refractivity contribution in [2.75, 3.05) is 26.8 Å². The molecule has 0 radical (unpaired) electrons. The summed E-state index contributed by atoms with van der Waals surface area (Å²) in [5.74, 6) is -0.807. The van der Waals surface area contributed by atoms with Crippen LogP contribution in [-0.4, -0.2) is 61.0 Å². The van der Waals surface area contributed by atoms with Crippen molar-refractivity contribution in [1.82, 2.24) is 4.90 Å². The number of aliphatic carboxylic acids is 1. The summed E-state index contributed by atoms with van der Waals surface area (Å²) in [6, 6.07) is -0.526. The van der Waals surface area contributed by atoms with Gasteiger partial charge >= 0.3 is 5.97 Å². The van der Waals surface area contributed by atoms with Crippen LogP contribution in [0.3, 0.4) is 0 Å². The highest BCUT2D eigenvalue weighted by atomic mass is 16.5. The number of nitrogens with zero attached hydrogens (tertiary/aromatic N) is 1. The largest absolute Gasteiger partial charge is 0.480 e. The van der Waals surface area contributed by atoms with Crippen molar-refractivity contribution >= 4 is 5.97 Å². The molecule has 0 aliphatic carbocycles. The molecule has 0 saturated carbocycles. The number of carboxylic acid groups (broad SMARTS) is 1. The second kappa shape index (κ2) is 4.47. The Labute approximate surface area is 89.0 Å². The second-order valence-electron chi connectivity index (χ2n) is 4.22. The predicted octanol–water partition coefficient (Wildman–Crippen LogP) is -0.0508. The molecule has 3 unspecified atom stereocenters. The lowest BCUT2D eigenvalue weighted by atomic mass is 10.2. The Morgan fingerprint density at radius 2 is 2.13 bits per heavy atom. The molecule has 0 spiro atoms. The van der Waals surface area contributed by atoms with Gasteiger partial charge in [-0.2, -0.15) is 0 Å². The van der Waals surface area contributed by atoms with E-state index >= 15 is 0 Å². The second-order valence-corrected chi connectivity index (χ2v) is 4.22. The summed E-state index contributed by atoms with van der Waals surface area (Å²) < 4.78 is 10.6. The summed E-state index contributed by atoms with van der Waals surface area (Å²) in [6.45, 7) is 1.68. The van der Waals surface area contributed by atoms with Crippen molar-refractivity contribution < 1.29 is 19.4 Å². The van der Waals surface area contributed by atoms with E-state index in [1.807, 2.05) is 4.90 Å². The molecular weight excluding hydrogens is 198 g/mol. The molecule has 0 aromatic carbocycles. The monoisotopic (exact) mass is 215 g/mol. The van der Waals surface area contributed by atoms with Crippen molar-refractivity contribution in [3.63, 3.8) is 0 Å². The molecular formula is C10H17NO4. The molecule has 86 valence electrons. The molecule has 0 aromatic rings. The number of carbonyl (C=O) groups is 1. The molecule has 2 bridgehead atoms. The molecule has 2 saturated heterocycles. The van der Waals surface area contributed by atoms with E-state index in [1.165, 1.54) is 7.11 Å². The Morgan fingerprint density at radius 3 is 2.60 bits per heavy atom. The van der Waals surface area contributed by atoms with E-state index in [0.29, 0.717) is 0 Å². The molecule has 15 heavy (non-hydrogen) atoms. The molecule has 2 aliphatic rings. The van der Waals surface area contributed by atoms with E-state index in [1.54, 1.807) is 0 Å². The molecule has 5 nitrogen and oxygen atoms in total. The van der Waals surface area contributed by atoms with Gasteiger partial charge in [-0.1, -0.05) is 0 Å². The quantitative estimate of drug-likeness (QED) is 0.712. The van der Waals surface area contributed by atoms with E-state index in [4.69, 9.17) is 14.6 Å². The van der Waals surface area contributed by atoms with Gasteiger partial charge in [-0.05, 0) is 12.8 Å². The van der Waals surface area contributed by atoms with Crippen LogP contribution in [0.15, 0.2) is 0 Å². The zero-order valence-corrected chi connectivity index (χ0v) is 8.89. The van der Waals surface area contributed by atoms with E-state index in [-0.39, 0.29) is 18.8 Å². The summed E-state index contributed by atoms with van der Waals surface area (Å²) in [4.78, 5) is 13.0. The van der Waals surface area contributed by atoms with Gasteiger partial charge in [0.1, 0.15) is 6.04 Å². The van der Waals surface area contributed by atoms with E-state index in [0.717, 1.165) is 25.9 Å². The van der Waals surface area contributed by atoms with Crippen LogP contribution in [0.4, 0.5) is 0 Å². The van der Waals surface area contributed by atoms with Crippen LogP contribution in [0.2, 0.25) is 0 Å². The van der Waals surface area contributed by atoms with Crippen LogP contribution in [0.5, 0.6) is 0 Å². The molecule has 5 heteroatoms. The zero-order valence-electron chi connectivity index (χ0n) is 8.89. The Bertz CT molecular complexity index is 234. The number of likely N-dealkylation sites (tertiary alicyclic amines) is 1. The molecule has 3 atom stereocenters. The van der Waals surface area contributed by atoms with Gasteiger partial charge in [0, 0.05) is 20.2 Å². The number of rotatable bonds is 4. The maximum absolute atomic E-state index is 11.1. The Morgan fingerprint density at radius 1 is 1.53 bits per heavy atom. The van der Waals surface area contributed by atoms with Crippen LogP contribution in [0.1, 0.15) is 12.8 Å². The van der Waals surface area contributed by atoms with Gasteiger partial charge in [0.15, 0.2) is 0 Å². The fourth-order valence-electron chi connectivity index (χ4n) is 2.39. The molecule has 0 aromatic heterocycles. The highest BCUT2D eigenvalue weighted by molar-refractivity contribution is 5.73. The van der Waals surface area contributed by atoms with Crippen molar-refractivity contribution in [1.29, 1.82) is 0 Å².